The van der Waals surface area contributed by atoms with Crippen molar-refractivity contribution in [1.29, 1.82) is 0 Å². The van der Waals surface area contributed by atoms with E-state index in [1.54, 1.807) is 11.8 Å². The number of carbonyl (C=O) groups is 1. The predicted molar refractivity (Wildman–Crippen MR) is 164 cm³/mol. The molecule has 1 aliphatic carbocycles. The fourth-order valence-corrected chi connectivity index (χ4v) is 6.55. The van der Waals surface area contributed by atoms with Gasteiger partial charge in [0.05, 0.1) is 0 Å². The van der Waals surface area contributed by atoms with Crippen molar-refractivity contribution in [3.8, 4) is 5.75 Å². The molecule has 0 radical (unpaired) electrons. The van der Waals surface area contributed by atoms with E-state index in [1.807, 2.05) is 35.0 Å². The third kappa shape index (κ3) is 5.68. The summed E-state index contributed by atoms with van der Waals surface area (Å²) in [6, 6.07) is 22.5. The third-order valence-corrected chi connectivity index (χ3v) is 8.97. The second-order valence-corrected chi connectivity index (χ2v) is 13.0. The average Bonchev–Trinajstić information content (AvgIpc) is 3.35. The zero-order valence-electron chi connectivity index (χ0n) is 24.3. The van der Waals surface area contributed by atoms with Crippen LogP contribution in [0.25, 0.3) is 0 Å². The molecule has 41 heavy (non-hydrogen) atoms. The van der Waals surface area contributed by atoms with E-state index in [2.05, 4.69) is 76.3 Å². The number of ether oxygens (including phenoxy) is 1. The van der Waals surface area contributed by atoms with E-state index in [-0.39, 0.29) is 17.2 Å². The molecule has 7 heteroatoms. The Hall–Kier alpha value is -3.84. The zero-order valence-corrected chi connectivity index (χ0v) is 25.1. The van der Waals surface area contributed by atoms with Gasteiger partial charge in [0.2, 0.25) is 11.1 Å². The number of nitrogens with zero attached hydrogens (tertiary/aromatic N) is 3. The maximum atomic E-state index is 13.6. The lowest BCUT2D eigenvalue weighted by atomic mass is 9.73. The van der Waals surface area contributed by atoms with Crippen molar-refractivity contribution >= 4 is 23.5 Å². The molecular weight excluding hydrogens is 528 g/mol. The van der Waals surface area contributed by atoms with Crippen LogP contribution in [0, 0.1) is 26.2 Å². The summed E-state index contributed by atoms with van der Waals surface area (Å²) in [7, 11) is 0. The lowest BCUT2D eigenvalue weighted by Gasteiger charge is -2.38. The molecule has 0 spiro atoms. The molecular formula is C34H36N4O2S. The normalized spacial score (nSPS) is 17.6. The minimum absolute atomic E-state index is 0.106. The number of aryl methyl sites for hydroxylation is 3. The van der Waals surface area contributed by atoms with Gasteiger partial charge in [-0.1, -0.05) is 80.2 Å². The Balaban J connectivity index is 1.28. The average molecular weight is 565 g/mol. The van der Waals surface area contributed by atoms with Crippen LogP contribution in [0.15, 0.2) is 83.2 Å². The molecule has 2 heterocycles. The standard InChI is InChI=1S/C34H36N4O2S/c1-21-15-23(3)26(16-22(21)2)19-40-27-13-11-25(12-14-27)31-30-28(17-34(4,5)18-29(30)39)35-32-36-33(37-38(31)32)41-20-24-9-7-6-8-10-24/h6-16,31H,17-20H2,1-5H3,(H,35,36,37). The molecule has 210 valence electrons. The number of carbonyl (C=O) groups excluding carboxylic acids is 1. The van der Waals surface area contributed by atoms with E-state index in [1.165, 1.54) is 27.8 Å². The number of thioether (sulfide) groups is 1. The first-order valence-electron chi connectivity index (χ1n) is 14.1. The molecule has 1 N–H and O–H groups in total. The monoisotopic (exact) mass is 564 g/mol. The number of allylic oxidation sites excluding steroid dienone is 2. The van der Waals surface area contributed by atoms with Gasteiger partial charge in [0.25, 0.3) is 0 Å². The van der Waals surface area contributed by atoms with Gasteiger partial charge in [-0.2, -0.15) is 4.98 Å². The van der Waals surface area contributed by atoms with E-state index in [0.29, 0.717) is 24.1 Å². The van der Waals surface area contributed by atoms with E-state index in [9.17, 15) is 4.79 Å². The van der Waals surface area contributed by atoms with Crippen molar-refractivity contribution in [2.45, 2.75) is 71.0 Å². The Labute approximate surface area is 246 Å². The van der Waals surface area contributed by atoms with Gasteiger partial charge < -0.3 is 10.1 Å². The van der Waals surface area contributed by atoms with Gasteiger partial charge in [-0.25, -0.2) is 4.68 Å². The van der Waals surface area contributed by atoms with Crippen molar-refractivity contribution in [3.05, 3.63) is 111 Å². The molecule has 0 amide bonds. The number of nitrogens with one attached hydrogen (secondary N) is 1. The van der Waals surface area contributed by atoms with E-state index in [0.717, 1.165) is 34.8 Å². The summed E-state index contributed by atoms with van der Waals surface area (Å²) in [5.41, 5.74) is 8.84. The van der Waals surface area contributed by atoms with Crippen LogP contribution in [-0.4, -0.2) is 20.5 Å². The Bertz CT molecular complexity index is 1640. The molecule has 0 fully saturated rings. The number of aromatic nitrogens is 3. The van der Waals surface area contributed by atoms with E-state index in [4.69, 9.17) is 14.8 Å². The van der Waals surface area contributed by atoms with Crippen LogP contribution in [0.3, 0.4) is 0 Å². The highest BCUT2D eigenvalue weighted by Crippen LogP contribution is 2.46. The molecule has 4 aromatic rings. The molecule has 1 aromatic heterocycles. The SMILES string of the molecule is Cc1cc(C)c(COc2ccc(C3C4=C(CC(C)(C)CC4=O)Nc4nc(SCc5ccccc5)nn43)cc2)cc1C. The fourth-order valence-electron chi connectivity index (χ4n) is 5.76. The van der Waals surface area contributed by atoms with Crippen LogP contribution in [0.2, 0.25) is 0 Å². The molecule has 1 atom stereocenters. The molecule has 3 aromatic carbocycles. The number of fused-ring (bicyclic) bond motifs is 1. The molecule has 6 rings (SSSR count). The minimum atomic E-state index is -0.334. The van der Waals surface area contributed by atoms with Gasteiger partial charge in [0.1, 0.15) is 18.4 Å². The maximum Gasteiger partial charge on any atom is 0.227 e. The second kappa shape index (κ2) is 10.9. The first-order valence-corrected chi connectivity index (χ1v) is 15.1. The highest BCUT2D eigenvalue weighted by molar-refractivity contribution is 7.98. The van der Waals surface area contributed by atoms with E-state index >= 15 is 0 Å². The molecule has 2 aliphatic rings. The van der Waals surface area contributed by atoms with Crippen molar-refractivity contribution in [2.24, 2.45) is 5.41 Å². The van der Waals surface area contributed by atoms with Crippen molar-refractivity contribution in [1.82, 2.24) is 14.8 Å². The fraction of sp³-hybridized carbons (Fsp3) is 0.324. The first-order chi connectivity index (χ1) is 19.7. The minimum Gasteiger partial charge on any atom is -0.489 e. The predicted octanol–water partition coefficient (Wildman–Crippen LogP) is 7.73. The van der Waals surface area contributed by atoms with Gasteiger partial charge in [0, 0.05) is 23.4 Å². The summed E-state index contributed by atoms with van der Waals surface area (Å²) < 4.78 is 8.07. The summed E-state index contributed by atoms with van der Waals surface area (Å²) in [6.45, 7) is 11.2. The molecule has 6 nitrogen and oxygen atoms in total. The second-order valence-electron chi connectivity index (χ2n) is 12.0. The molecule has 1 aliphatic heterocycles. The smallest absolute Gasteiger partial charge is 0.227 e. The molecule has 0 saturated heterocycles. The lowest BCUT2D eigenvalue weighted by molar-refractivity contribution is -0.118. The lowest BCUT2D eigenvalue weighted by Crippen LogP contribution is -2.36. The van der Waals surface area contributed by atoms with Crippen LogP contribution in [0.1, 0.15) is 66.1 Å². The van der Waals surface area contributed by atoms with Crippen LogP contribution in [0.4, 0.5) is 5.95 Å². The van der Waals surface area contributed by atoms with Crippen molar-refractivity contribution < 1.29 is 9.53 Å². The maximum absolute atomic E-state index is 13.6. The summed E-state index contributed by atoms with van der Waals surface area (Å²) in [4.78, 5) is 18.4. The molecule has 0 saturated carbocycles. The topological polar surface area (TPSA) is 69.0 Å². The van der Waals surface area contributed by atoms with Gasteiger partial charge >= 0.3 is 0 Å². The summed E-state index contributed by atoms with van der Waals surface area (Å²) >= 11 is 1.60. The third-order valence-electron chi connectivity index (χ3n) is 8.07. The highest BCUT2D eigenvalue weighted by atomic mass is 32.2. The van der Waals surface area contributed by atoms with Crippen molar-refractivity contribution in [2.75, 3.05) is 5.32 Å². The van der Waals surface area contributed by atoms with Gasteiger partial charge in [0.15, 0.2) is 5.78 Å². The summed E-state index contributed by atoms with van der Waals surface area (Å²) in [5, 5.41) is 9.07. The number of Topliss-reactive ketones (excluding diaryl/α,β-unsaturated/α-hetero) is 1. The number of hydrogen-bond acceptors (Lipinski definition) is 6. The number of rotatable bonds is 7. The molecule has 0 bridgehead atoms. The van der Waals surface area contributed by atoms with Gasteiger partial charge in [-0.05, 0) is 78.1 Å². The Kier molecular flexibility index (Phi) is 7.24. The number of ketones is 1. The summed E-state index contributed by atoms with van der Waals surface area (Å²) in [5.74, 6) is 2.42. The Morgan fingerprint density at radius 3 is 2.46 bits per heavy atom. The van der Waals surface area contributed by atoms with Crippen LogP contribution >= 0.6 is 11.8 Å². The number of benzene rings is 3. The Morgan fingerprint density at radius 2 is 1.71 bits per heavy atom. The Morgan fingerprint density at radius 1 is 0.976 bits per heavy atom. The van der Waals surface area contributed by atoms with Gasteiger partial charge in [-0.3, -0.25) is 4.79 Å². The quantitative estimate of drug-likeness (QED) is 0.232. The highest BCUT2D eigenvalue weighted by Gasteiger charge is 2.41. The van der Waals surface area contributed by atoms with Crippen LogP contribution in [0.5, 0.6) is 5.75 Å². The number of anilines is 1. The van der Waals surface area contributed by atoms with Gasteiger partial charge in [-0.15, -0.1) is 5.10 Å². The van der Waals surface area contributed by atoms with Crippen LogP contribution < -0.4 is 10.1 Å². The van der Waals surface area contributed by atoms with Crippen molar-refractivity contribution in [3.63, 3.8) is 0 Å². The van der Waals surface area contributed by atoms with E-state index < -0.39 is 0 Å². The molecule has 1 unspecified atom stereocenters. The first kappa shape index (κ1) is 27.3. The zero-order chi connectivity index (χ0) is 28.7. The summed E-state index contributed by atoms with van der Waals surface area (Å²) in [6.07, 6.45) is 1.31. The largest absolute Gasteiger partial charge is 0.489 e. The van der Waals surface area contributed by atoms with Crippen LogP contribution in [-0.2, 0) is 17.2 Å². The number of hydrogen-bond donors (Lipinski definition) is 1.